The first-order valence-electron chi connectivity index (χ1n) is 8.68. The van der Waals surface area contributed by atoms with Crippen LogP contribution in [0.4, 0.5) is 4.79 Å². The van der Waals surface area contributed by atoms with Crippen LogP contribution in [-0.2, 0) is 11.2 Å². The molecule has 1 atom stereocenters. The number of amides is 2. The van der Waals surface area contributed by atoms with Crippen molar-refractivity contribution in [2.45, 2.75) is 26.3 Å². The number of carbonyl (C=O) groups excluding carboxylic acids is 1. The van der Waals surface area contributed by atoms with E-state index < -0.39 is 0 Å². The first kappa shape index (κ1) is 17.0. The van der Waals surface area contributed by atoms with Gasteiger partial charge >= 0.3 is 6.03 Å². The SMILES string of the molecule is Cc1cc(CCNC(=O)N2CCN3CCOCC3C2)cc(C)c1O. The highest BCUT2D eigenvalue weighted by atomic mass is 16.5. The third-order valence-corrected chi connectivity index (χ3v) is 4.97. The Bertz CT molecular complexity index is 582. The van der Waals surface area contributed by atoms with Gasteiger partial charge in [0.1, 0.15) is 5.75 Å². The number of rotatable bonds is 3. The van der Waals surface area contributed by atoms with Crippen molar-refractivity contribution in [1.82, 2.24) is 15.1 Å². The molecule has 1 aromatic carbocycles. The van der Waals surface area contributed by atoms with E-state index in [1.165, 1.54) is 0 Å². The van der Waals surface area contributed by atoms with Crippen molar-refractivity contribution in [3.63, 3.8) is 0 Å². The number of phenolic OH excluding ortho intramolecular Hbond substituents is 1. The van der Waals surface area contributed by atoms with E-state index >= 15 is 0 Å². The molecule has 2 fully saturated rings. The number of nitrogens with zero attached hydrogens (tertiary/aromatic N) is 2. The number of morpholine rings is 1. The smallest absolute Gasteiger partial charge is 0.317 e. The molecular weight excluding hydrogens is 306 g/mol. The number of urea groups is 1. The molecule has 2 aliphatic rings. The minimum atomic E-state index is 0.00689. The number of carbonyl (C=O) groups is 1. The second-order valence-electron chi connectivity index (χ2n) is 6.77. The van der Waals surface area contributed by atoms with E-state index in [1.54, 1.807) is 0 Å². The zero-order chi connectivity index (χ0) is 17.1. The summed E-state index contributed by atoms with van der Waals surface area (Å²) >= 11 is 0. The van der Waals surface area contributed by atoms with E-state index in [2.05, 4.69) is 10.2 Å². The highest BCUT2D eigenvalue weighted by molar-refractivity contribution is 5.74. The lowest BCUT2D eigenvalue weighted by atomic mass is 10.0. The van der Waals surface area contributed by atoms with Crippen LogP contribution in [0.1, 0.15) is 16.7 Å². The molecule has 2 N–H and O–H groups in total. The second-order valence-corrected chi connectivity index (χ2v) is 6.77. The van der Waals surface area contributed by atoms with Crippen LogP contribution in [0.2, 0.25) is 0 Å². The average Bonchev–Trinajstić information content (AvgIpc) is 2.59. The molecule has 3 rings (SSSR count). The molecule has 0 bridgehead atoms. The molecular formula is C18H27N3O3. The van der Waals surface area contributed by atoms with Gasteiger partial charge in [-0.1, -0.05) is 12.1 Å². The number of hydrogen-bond donors (Lipinski definition) is 2. The van der Waals surface area contributed by atoms with E-state index in [1.807, 2.05) is 30.9 Å². The van der Waals surface area contributed by atoms with Crippen LogP contribution in [-0.4, -0.2) is 72.9 Å². The standard InChI is InChI=1S/C18H27N3O3/c1-13-9-15(10-14(2)17(13)22)3-4-19-18(23)21-6-5-20-7-8-24-12-16(20)11-21/h9-10,16,22H,3-8,11-12H2,1-2H3,(H,19,23). The van der Waals surface area contributed by atoms with E-state index in [9.17, 15) is 9.90 Å². The Hall–Kier alpha value is -1.79. The molecule has 0 radical (unpaired) electrons. The fourth-order valence-corrected chi connectivity index (χ4v) is 3.55. The van der Waals surface area contributed by atoms with Gasteiger partial charge in [0, 0.05) is 32.7 Å². The summed E-state index contributed by atoms with van der Waals surface area (Å²) in [6.45, 7) is 9.33. The first-order valence-corrected chi connectivity index (χ1v) is 8.68. The average molecular weight is 333 g/mol. The molecule has 6 nitrogen and oxygen atoms in total. The molecule has 2 aliphatic heterocycles. The van der Waals surface area contributed by atoms with Gasteiger partial charge in [-0.2, -0.15) is 0 Å². The molecule has 2 heterocycles. The number of aromatic hydroxyl groups is 1. The van der Waals surface area contributed by atoms with Crippen molar-refractivity contribution < 1.29 is 14.6 Å². The lowest BCUT2D eigenvalue weighted by molar-refractivity contribution is -0.0364. The first-order chi connectivity index (χ1) is 11.5. The van der Waals surface area contributed by atoms with Gasteiger partial charge in [0.25, 0.3) is 0 Å². The Labute approximate surface area is 143 Å². The fraction of sp³-hybridized carbons (Fsp3) is 0.611. The zero-order valence-electron chi connectivity index (χ0n) is 14.5. The van der Waals surface area contributed by atoms with Crippen molar-refractivity contribution in [1.29, 1.82) is 0 Å². The van der Waals surface area contributed by atoms with Crippen LogP contribution in [0.5, 0.6) is 5.75 Å². The topological polar surface area (TPSA) is 65.0 Å². The lowest BCUT2D eigenvalue weighted by Gasteiger charge is -2.43. The van der Waals surface area contributed by atoms with Crippen molar-refractivity contribution in [3.05, 3.63) is 28.8 Å². The summed E-state index contributed by atoms with van der Waals surface area (Å²) in [5.41, 5.74) is 2.89. The van der Waals surface area contributed by atoms with Gasteiger partial charge < -0.3 is 20.1 Å². The number of fused-ring (bicyclic) bond motifs is 1. The van der Waals surface area contributed by atoms with Crippen molar-refractivity contribution in [3.8, 4) is 5.75 Å². The minimum Gasteiger partial charge on any atom is -0.507 e. The van der Waals surface area contributed by atoms with Gasteiger partial charge in [0.2, 0.25) is 0 Å². The van der Waals surface area contributed by atoms with Gasteiger partial charge in [0.05, 0.1) is 19.3 Å². The Morgan fingerprint density at radius 3 is 2.79 bits per heavy atom. The van der Waals surface area contributed by atoms with Crippen molar-refractivity contribution in [2.24, 2.45) is 0 Å². The number of piperazine rings is 1. The predicted molar refractivity (Wildman–Crippen MR) is 92.4 cm³/mol. The maximum Gasteiger partial charge on any atom is 0.317 e. The highest BCUT2D eigenvalue weighted by Gasteiger charge is 2.31. The Balaban J connectivity index is 1.47. The molecule has 0 spiro atoms. The van der Waals surface area contributed by atoms with Gasteiger partial charge in [-0.3, -0.25) is 4.90 Å². The summed E-state index contributed by atoms with van der Waals surface area (Å²) in [5.74, 6) is 0.357. The zero-order valence-corrected chi connectivity index (χ0v) is 14.5. The van der Waals surface area contributed by atoms with E-state index in [-0.39, 0.29) is 6.03 Å². The maximum absolute atomic E-state index is 12.4. The molecule has 1 aromatic rings. The Morgan fingerprint density at radius 1 is 1.29 bits per heavy atom. The van der Waals surface area contributed by atoms with Gasteiger partial charge in [-0.25, -0.2) is 4.79 Å². The summed E-state index contributed by atoms with van der Waals surface area (Å²) in [7, 11) is 0. The molecule has 0 aromatic heterocycles. The van der Waals surface area contributed by atoms with E-state index in [4.69, 9.17) is 4.74 Å². The third-order valence-electron chi connectivity index (χ3n) is 4.97. The molecule has 2 saturated heterocycles. The number of phenols is 1. The molecule has 6 heteroatoms. The van der Waals surface area contributed by atoms with Crippen molar-refractivity contribution in [2.75, 3.05) is 45.9 Å². The number of ether oxygens (including phenoxy) is 1. The Kier molecular flexibility index (Phi) is 5.26. The fourth-order valence-electron chi connectivity index (χ4n) is 3.55. The number of aryl methyl sites for hydroxylation is 2. The van der Waals surface area contributed by atoms with Crippen LogP contribution in [0, 0.1) is 13.8 Å². The summed E-state index contributed by atoms with van der Waals surface area (Å²) in [6.07, 6.45) is 0.764. The third kappa shape index (κ3) is 3.82. The maximum atomic E-state index is 12.4. The van der Waals surface area contributed by atoms with Crippen LogP contribution in [0.3, 0.4) is 0 Å². The van der Waals surface area contributed by atoms with Crippen molar-refractivity contribution >= 4 is 6.03 Å². The normalized spacial score (nSPS) is 21.4. The Morgan fingerprint density at radius 2 is 2.04 bits per heavy atom. The van der Waals surface area contributed by atoms with E-state index in [0.717, 1.165) is 62.5 Å². The molecule has 1 unspecified atom stereocenters. The van der Waals surface area contributed by atoms with E-state index in [0.29, 0.717) is 18.3 Å². The monoisotopic (exact) mass is 333 g/mol. The molecule has 0 aliphatic carbocycles. The number of hydrogen-bond acceptors (Lipinski definition) is 4. The molecule has 2 amide bonds. The quantitative estimate of drug-likeness (QED) is 0.874. The largest absolute Gasteiger partial charge is 0.507 e. The predicted octanol–water partition coefficient (Wildman–Crippen LogP) is 1.28. The van der Waals surface area contributed by atoms with Gasteiger partial charge in [-0.15, -0.1) is 0 Å². The lowest BCUT2D eigenvalue weighted by Crippen LogP contribution is -2.60. The molecule has 132 valence electrons. The van der Waals surface area contributed by atoms with Crippen LogP contribution in [0.25, 0.3) is 0 Å². The number of benzene rings is 1. The summed E-state index contributed by atoms with van der Waals surface area (Å²) in [6, 6.07) is 4.30. The van der Waals surface area contributed by atoms with Crippen LogP contribution >= 0.6 is 0 Å². The molecule has 24 heavy (non-hydrogen) atoms. The summed E-state index contributed by atoms with van der Waals surface area (Å²) in [5, 5.41) is 12.8. The van der Waals surface area contributed by atoms with Crippen LogP contribution < -0.4 is 5.32 Å². The minimum absolute atomic E-state index is 0.00689. The highest BCUT2D eigenvalue weighted by Crippen LogP contribution is 2.23. The second kappa shape index (κ2) is 7.40. The van der Waals surface area contributed by atoms with Crippen LogP contribution in [0.15, 0.2) is 12.1 Å². The summed E-state index contributed by atoms with van der Waals surface area (Å²) in [4.78, 5) is 16.7. The van der Waals surface area contributed by atoms with Gasteiger partial charge in [-0.05, 0) is 37.0 Å². The summed E-state index contributed by atoms with van der Waals surface area (Å²) < 4.78 is 5.52. The number of nitrogens with one attached hydrogen (secondary N) is 1. The molecule has 0 saturated carbocycles. The van der Waals surface area contributed by atoms with Gasteiger partial charge in [0.15, 0.2) is 0 Å².